The highest BCUT2D eigenvalue weighted by Crippen LogP contribution is 2.26. The molecule has 0 unspecified atom stereocenters. The van der Waals surface area contributed by atoms with Gasteiger partial charge in [-0.2, -0.15) is 0 Å². The van der Waals surface area contributed by atoms with Crippen molar-refractivity contribution in [3.8, 4) is 0 Å². The molecule has 0 aromatic heterocycles. The van der Waals surface area contributed by atoms with Gasteiger partial charge < -0.3 is 5.32 Å². The Labute approximate surface area is 105 Å². The van der Waals surface area contributed by atoms with Crippen LogP contribution in [0.2, 0.25) is 0 Å². The maximum atomic E-state index is 10.5. The molecule has 0 saturated carbocycles. The molecule has 1 heterocycles. The smallest absolute Gasteiger partial charge is 0.269 e. The zero-order valence-corrected chi connectivity index (χ0v) is 10.4. The van der Waals surface area contributed by atoms with Gasteiger partial charge in [0, 0.05) is 22.8 Å². The van der Waals surface area contributed by atoms with E-state index in [1.54, 1.807) is 23.9 Å². The summed E-state index contributed by atoms with van der Waals surface area (Å²) in [5, 5.41) is 13.9. The summed E-state index contributed by atoms with van der Waals surface area (Å²) < 4.78 is 0. The van der Waals surface area contributed by atoms with Crippen molar-refractivity contribution in [2.75, 3.05) is 18.8 Å². The van der Waals surface area contributed by atoms with Crippen molar-refractivity contribution < 1.29 is 4.92 Å². The summed E-state index contributed by atoms with van der Waals surface area (Å²) in [5.74, 6) is 1.89. The van der Waals surface area contributed by atoms with Gasteiger partial charge in [-0.15, -0.1) is 11.8 Å². The Kier molecular flexibility index (Phi) is 4.39. The minimum atomic E-state index is -0.360. The molecule has 2 rings (SSSR count). The lowest BCUT2D eigenvalue weighted by atomic mass is 10.0. The molecular weight excluding hydrogens is 236 g/mol. The van der Waals surface area contributed by atoms with Crippen molar-refractivity contribution in [2.24, 2.45) is 5.92 Å². The lowest BCUT2D eigenvalue weighted by Gasteiger charge is -2.21. The Bertz CT molecular complexity index is 375. The largest absolute Gasteiger partial charge is 0.317 e. The van der Waals surface area contributed by atoms with Gasteiger partial charge in [0.25, 0.3) is 5.69 Å². The second kappa shape index (κ2) is 6.02. The monoisotopic (exact) mass is 252 g/mol. The second-order valence-corrected chi connectivity index (χ2v) is 5.35. The Balaban J connectivity index is 1.84. The molecule has 0 aliphatic carbocycles. The van der Waals surface area contributed by atoms with Crippen LogP contribution in [0.1, 0.15) is 12.8 Å². The van der Waals surface area contributed by atoms with Crippen LogP contribution >= 0.6 is 11.8 Å². The summed E-state index contributed by atoms with van der Waals surface area (Å²) in [6.45, 7) is 2.23. The summed E-state index contributed by atoms with van der Waals surface area (Å²) in [6.07, 6.45) is 2.47. The van der Waals surface area contributed by atoms with Crippen LogP contribution in [-0.2, 0) is 0 Å². The Morgan fingerprint density at radius 3 is 2.53 bits per heavy atom. The third kappa shape index (κ3) is 3.71. The molecule has 0 atom stereocenters. The second-order valence-electron chi connectivity index (χ2n) is 4.26. The van der Waals surface area contributed by atoms with E-state index in [0.717, 1.165) is 29.7 Å². The molecule has 1 fully saturated rings. The maximum Gasteiger partial charge on any atom is 0.269 e. The Hall–Kier alpha value is -1.07. The quantitative estimate of drug-likeness (QED) is 0.508. The molecule has 0 spiro atoms. The molecule has 1 aromatic carbocycles. The predicted octanol–water partition coefficient (Wildman–Crippen LogP) is 2.69. The standard InChI is InChI=1S/C12H16N2O2S/c15-14(16)11-1-3-12(4-2-11)17-9-10-5-7-13-8-6-10/h1-4,10,13H,5-9H2. The number of nitrogens with one attached hydrogen (secondary N) is 1. The van der Waals surface area contributed by atoms with Crippen LogP contribution in [0.4, 0.5) is 5.69 Å². The van der Waals surface area contributed by atoms with E-state index in [9.17, 15) is 10.1 Å². The molecule has 0 bridgehead atoms. The predicted molar refractivity (Wildman–Crippen MR) is 69.4 cm³/mol. The molecule has 1 aliphatic heterocycles. The summed E-state index contributed by atoms with van der Waals surface area (Å²) >= 11 is 1.80. The van der Waals surface area contributed by atoms with E-state index < -0.39 is 0 Å². The van der Waals surface area contributed by atoms with E-state index in [2.05, 4.69) is 5.32 Å². The van der Waals surface area contributed by atoms with E-state index in [0.29, 0.717) is 0 Å². The number of nitrogens with zero attached hydrogens (tertiary/aromatic N) is 1. The summed E-state index contributed by atoms with van der Waals surface area (Å²) in [6, 6.07) is 6.82. The van der Waals surface area contributed by atoms with Crippen molar-refractivity contribution in [3.63, 3.8) is 0 Å². The van der Waals surface area contributed by atoms with Gasteiger partial charge >= 0.3 is 0 Å². The molecule has 4 nitrogen and oxygen atoms in total. The molecule has 5 heteroatoms. The zero-order valence-electron chi connectivity index (χ0n) is 9.59. The number of benzene rings is 1. The van der Waals surface area contributed by atoms with E-state index in [1.165, 1.54) is 12.8 Å². The van der Waals surface area contributed by atoms with Gasteiger partial charge in [-0.25, -0.2) is 0 Å². The average Bonchev–Trinajstić information content (AvgIpc) is 2.38. The molecule has 0 amide bonds. The van der Waals surface area contributed by atoms with Gasteiger partial charge in [-0.05, 0) is 44.0 Å². The van der Waals surface area contributed by atoms with E-state index in [1.807, 2.05) is 12.1 Å². The SMILES string of the molecule is O=[N+]([O-])c1ccc(SCC2CCNCC2)cc1. The number of rotatable bonds is 4. The van der Waals surface area contributed by atoms with Crippen LogP contribution in [0.5, 0.6) is 0 Å². The lowest BCUT2D eigenvalue weighted by molar-refractivity contribution is -0.384. The number of thioether (sulfide) groups is 1. The van der Waals surface area contributed by atoms with Crippen molar-refractivity contribution in [1.29, 1.82) is 0 Å². The molecule has 1 aliphatic rings. The first-order chi connectivity index (χ1) is 8.25. The van der Waals surface area contributed by atoms with Crippen molar-refractivity contribution in [1.82, 2.24) is 5.32 Å². The molecule has 92 valence electrons. The van der Waals surface area contributed by atoms with Gasteiger partial charge in [-0.3, -0.25) is 10.1 Å². The molecule has 1 aromatic rings. The Morgan fingerprint density at radius 2 is 1.94 bits per heavy atom. The van der Waals surface area contributed by atoms with Gasteiger partial charge in [0.15, 0.2) is 0 Å². The highest BCUT2D eigenvalue weighted by molar-refractivity contribution is 7.99. The van der Waals surface area contributed by atoms with E-state index in [4.69, 9.17) is 0 Å². The summed E-state index contributed by atoms with van der Waals surface area (Å²) in [7, 11) is 0. The zero-order chi connectivity index (χ0) is 12.1. The minimum Gasteiger partial charge on any atom is -0.317 e. The normalized spacial score (nSPS) is 16.9. The van der Waals surface area contributed by atoms with Gasteiger partial charge in [0.1, 0.15) is 0 Å². The van der Waals surface area contributed by atoms with Crippen LogP contribution in [-0.4, -0.2) is 23.8 Å². The van der Waals surface area contributed by atoms with E-state index in [-0.39, 0.29) is 10.6 Å². The van der Waals surface area contributed by atoms with Crippen molar-refractivity contribution >= 4 is 17.4 Å². The van der Waals surface area contributed by atoms with Gasteiger partial charge in [0.2, 0.25) is 0 Å². The molecular formula is C12H16N2O2S. The fourth-order valence-electron chi connectivity index (χ4n) is 1.93. The number of piperidine rings is 1. The number of nitro benzene ring substituents is 1. The van der Waals surface area contributed by atoms with Crippen molar-refractivity contribution in [2.45, 2.75) is 17.7 Å². The minimum absolute atomic E-state index is 0.163. The van der Waals surface area contributed by atoms with Crippen LogP contribution in [0, 0.1) is 16.0 Å². The highest BCUT2D eigenvalue weighted by atomic mass is 32.2. The first-order valence-electron chi connectivity index (χ1n) is 5.83. The third-order valence-corrected chi connectivity index (χ3v) is 4.24. The average molecular weight is 252 g/mol. The number of non-ortho nitro benzene ring substituents is 1. The van der Waals surface area contributed by atoms with Crippen molar-refractivity contribution in [3.05, 3.63) is 34.4 Å². The van der Waals surface area contributed by atoms with Crippen LogP contribution in [0.15, 0.2) is 29.2 Å². The topological polar surface area (TPSA) is 55.2 Å². The molecule has 0 radical (unpaired) electrons. The van der Waals surface area contributed by atoms with Gasteiger partial charge in [-0.1, -0.05) is 0 Å². The number of nitro groups is 1. The van der Waals surface area contributed by atoms with Gasteiger partial charge in [0.05, 0.1) is 4.92 Å². The Morgan fingerprint density at radius 1 is 1.29 bits per heavy atom. The van der Waals surface area contributed by atoms with Crippen LogP contribution < -0.4 is 5.32 Å². The summed E-state index contributed by atoms with van der Waals surface area (Å²) in [5.41, 5.74) is 0.163. The first-order valence-corrected chi connectivity index (χ1v) is 6.82. The third-order valence-electron chi connectivity index (χ3n) is 2.99. The molecule has 1 saturated heterocycles. The fraction of sp³-hybridized carbons (Fsp3) is 0.500. The molecule has 17 heavy (non-hydrogen) atoms. The fourth-order valence-corrected chi connectivity index (χ4v) is 3.02. The maximum absolute atomic E-state index is 10.5. The van der Waals surface area contributed by atoms with Crippen LogP contribution in [0.3, 0.4) is 0 Å². The lowest BCUT2D eigenvalue weighted by Crippen LogP contribution is -2.28. The van der Waals surface area contributed by atoms with Crippen LogP contribution in [0.25, 0.3) is 0 Å². The molecule has 1 N–H and O–H groups in total. The first kappa shape index (κ1) is 12.4. The summed E-state index contributed by atoms with van der Waals surface area (Å²) in [4.78, 5) is 11.3. The number of hydrogen-bond acceptors (Lipinski definition) is 4. The van der Waals surface area contributed by atoms with E-state index >= 15 is 0 Å². The highest BCUT2D eigenvalue weighted by Gasteiger charge is 2.13. The number of hydrogen-bond donors (Lipinski definition) is 1.